The molecule has 2 N–H and O–H groups in total. The third kappa shape index (κ3) is 5.83. The van der Waals surface area contributed by atoms with E-state index in [9.17, 15) is 4.79 Å². The average Bonchev–Trinajstić information content (AvgIpc) is 2.89. The normalized spacial score (nSPS) is 16.5. The van der Waals surface area contributed by atoms with Crippen molar-refractivity contribution >= 4 is 16.8 Å². The average molecular weight is 459 g/mol. The van der Waals surface area contributed by atoms with E-state index in [0.29, 0.717) is 5.92 Å². The fourth-order valence-corrected chi connectivity index (χ4v) is 5.00. The van der Waals surface area contributed by atoms with Crippen molar-refractivity contribution in [1.29, 1.82) is 0 Å². The summed E-state index contributed by atoms with van der Waals surface area (Å²) in [6, 6.07) is 19.4. The van der Waals surface area contributed by atoms with Gasteiger partial charge < -0.3 is 10.6 Å². The maximum absolute atomic E-state index is 12.6. The van der Waals surface area contributed by atoms with E-state index in [0.717, 1.165) is 56.4 Å². The lowest BCUT2D eigenvalue weighted by Gasteiger charge is -2.28. The minimum atomic E-state index is 0.0451. The van der Waals surface area contributed by atoms with Gasteiger partial charge in [0.15, 0.2) is 0 Å². The highest BCUT2D eigenvalue weighted by atomic mass is 16.1. The molecule has 2 aromatic carbocycles. The molecule has 0 radical (unpaired) electrons. The first-order chi connectivity index (χ1) is 16.6. The predicted octanol–water partition coefficient (Wildman–Crippen LogP) is 5.29. The molecule has 2 heterocycles. The van der Waals surface area contributed by atoms with Gasteiger partial charge >= 0.3 is 0 Å². The number of nitrogens with one attached hydrogen (secondary N) is 2. The standard InChI is InChI=1S/C29H38N4O/c1-4-22(23-10-12-25(13-11-23)29(34)32-26-14-18-30-19-15-26)16-20-33(3)21(2)27-9-5-7-24-8-6-17-31-28(24)27/h5-13,17,21-22,26,30H,4,14-16,18-20H2,1-3H3,(H,32,34). The van der Waals surface area contributed by atoms with Crippen LogP contribution < -0.4 is 10.6 Å². The van der Waals surface area contributed by atoms with Crippen LogP contribution in [0.2, 0.25) is 0 Å². The van der Waals surface area contributed by atoms with Crippen LogP contribution in [0.4, 0.5) is 0 Å². The first-order valence-corrected chi connectivity index (χ1v) is 12.7. The van der Waals surface area contributed by atoms with Crippen molar-refractivity contribution in [1.82, 2.24) is 20.5 Å². The number of hydrogen-bond donors (Lipinski definition) is 2. The Hall–Kier alpha value is -2.76. The molecule has 180 valence electrons. The second-order valence-corrected chi connectivity index (χ2v) is 9.59. The van der Waals surface area contributed by atoms with E-state index in [-0.39, 0.29) is 18.0 Å². The topological polar surface area (TPSA) is 57.3 Å². The summed E-state index contributed by atoms with van der Waals surface area (Å²) in [5, 5.41) is 7.72. The Morgan fingerprint density at radius 3 is 2.59 bits per heavy atom. The maximum atomic E-state index is 12.6. The first-order valence-electron chi connectivity index (χ1n) is 12.7. The lowest BCUT2D eigenvalue weighted by Crippen LogP contribution is -2.42. The highest BCUT2D eigenvalue weighted by Crippen LogP contribution is 2.29. The van der Waals surface area contributed by atoms with Crippen molar-refractivity contribution < 1.29 is 4.79 Å². The second-order valence-electron chi connectivity index (χ2n) is 9.59. The molecule has 5 nitrogen and oxygen atoms in total. The number of para-hydroxylation sites is 1. The van der Waals surface area contributed by atoms with E-state index in [1.807, 2.05) is 24.4 Å². The van der Waals surface area contributed by atoms with Crippen LogP contribution >= 0.6 is 0 Å². The Bertz CT molecular complexity index is 1070. The van der Waals surface area contributed by atoms with Crippen molar-refractivity contribution in [3.05, 3.63) is 77.5 Å². The number of aromatic nitrogens is 1. The van der Waals surface area contributed by atoms with Gasteiger partial charge in [0, 0.05) is 29.2 Å². The Balaban J connectivity index is 1.35. The van der Waals surface area contributed by atoms with E-state index in [1.165, 1.54) is 16.5 Å². The molecule has 2 unspecified atom stereocenters. The van der Waals surface area contributed by atoms with Crippen molar-refractivity contribution in [2.24, 2.45) is 0 Å². The molecule has 2 atom stereocenters. The summed E-state index contributed by atoms with van der Waals surface area (Å²) in [6.45, 7) is 7.47. The van der Waals surface area contributed by atoms with Gasteiger partial charge in [0.1, 0.15) is 0 Å². The van der Waals surface area contributed by atoms with E-state index >= 15 is 0 Å². The van der Waals surface area contributed by atoms with Gasteiger partial charge in [-0.25, -0.2) is 0 Å². The first kappa shape index (κ1) is 24.4. The van der Waals surface area contributed by atoms with Crippen molar-refractivity contribution in [3.8, 4) is 0 Å². The Morgan fingerprint density at radius 2 is 1.85 bits per heavy atom. The second kappa shape index (κ2) is 11.6. The fraction of sp³-hybridized carbons (Fsp3) is 0.448. The molecule has 0 saturated carbocycles. The fourth-order valence-electron chi connectivity index (χ4n) is 5.00. The molecule has 1 aliphatic heterocycles. The SMILES string of the molecule is CCC(CCN(C)C(C)c1cccc2cccnc12)c1ccc(C(=O)NC2CCNCC2)cc1. The number of nitrogens with zero attached hydrogens (tertiary/aromatic N) is 2. The summed E-state index contributed by atoms with van der Waals surface area (Å²) in [5.41, 5.74) is 4.44. The smallest absolute Gasteiger partial charge is 0.251 e. The number of carbonyl (C=O) groups is 1. The van der Waals surface area contributed by atoms with Crippen LogP contribution in [0.3, 0.4) is 0 Å². The molecule has 1 amide bonds. The number of carbonyl (C=O) groups excluding carboxylic acids is 1. The van der Waals surface area contributed by atoms with Gasteiger partial charge in [-0.05, 0) is 94.5 Å². The highest BCUT2D eigenvalue weighted by molar-refractivity contribution is 5.94. The van der Waals surface area contributed by atoms with E-state index in [2.05, 4.69) is 77.8 Å². The zero-order valence-electron chi connectivity index (χ0n) is 20.8. The van der Waals surface area contributed by atoms with Gasteiger partial charge in [0.25, 0.3) is 5.91 Å². The van der Waals surface area contributed by atoms with Gasteiger partial charge in [-0.15, -0.1) is 0 Å². The quantitative estimate of drug-likeness (QED) is 0.457. The van der Waals surface area contributed by atoms with E-state index < -0.39 is 0 Å². The molecule has 0 aliphatic carbocycles. The summed E-state index contributed by atoms with van der Waals surface area (Å²) in [4.78, 5) is 19.7. The summed E-state index contributed by atoms with van der Waals surface area (Å²) < 4.78 is 0. The molecule has 1 fully saturated rings. The van der Waals surface area contributed by atoms with Crippen LogP contribution in [0.25, 0.3) is 10.9 Å². The molecule has 1 aromatic heterocycles. The van der Waals surface area contributed by atoms with Crippen molar-refractivity contribution in [3.63, 3.8) is 0 Å². The van der Waals surface area contributed by atoms with Gasteiger partial charge in [-0.3, -0.25) is 14.7 Å². The van der Waals surface area contributed by atoms with Crippen molar-refractivity contribution in [2.45, 2.75) is 57.5 Å². The monoisotopic (exact) mass is 458 g/mol. The van der Waals surface area contributed by atoms with Gasteiger partial charge in [-0.2, -0.15) is 0 Å². The number of fused-ring (bicyclic) bond motifs is 1. The van der Waals surface area contributed by atoms with Crippen molar-refractivity contribution in [2.75, 3.05) is 26.7 Å². The Kier molecular flexibility index (Phi) is 8.30. The minimum Gasteiger partial charge on any atom is -0.349 e. The maximum Gasteiger partial charge on any atom is 0.251 e. The molecule has 1 aliphatic rings. The van der Waals surface area contributed by atoms with Crippen LogP contribution in [0.5, 0.6) is 0 Å². The minimum absolute atomic E-state index is 0.0451. The molecule has 4 rings (SSSR count). The van der Waals surface area contributed by atoms with Crippen LogP contribution in [0.1, 0.15) is 73.0 Å². The summed E-state index contributed by atoms with van der Waals surface area (Å²) in [6.07, 6.45) is 6.04. The number of hydrogen-bond acceptors (Lipinski definition) is 4. The number of amides is 1. The lowest BCUT2D eigenvalue weighted by atomic mass is 9.92. The summed E-state index contributed by atoms with van der Waals surface area (Å²) in [5.74, 6) is 0.519. The Morgan fingerprint density at radius 1 is 1.12 bits per heavy atom. The predicted molar refractivity (Wildman–Crippen MR) is 140 cm³/mol. The third-order valence-corrected chi connectivity index (χ3v) is 7.42. The third-order valence-electron chi connectivity index (χ3n) is 7.42. The summed E-state index contributed by atoms with van der Waals surface area (Å²) in [7, 11) is 2.20. The molecule has 5 heteroatoms. The van der Waals surface area contributed by atoms with Gasteiger partial charge in [-0.1, -0.05) is 43.3 Å². The number of benzene rings is 2. The number of pyridine rings is 1. The van der Waals surface area contributed by atoms with Crippen LogP contribution in [-0.4, -0.2) is 48.5 Å². The van der Waals surface area contributed by atoms with Gasteiger partial charge in [0.05, 0.1) is 5.52 Å². The van der Waals surface area contributed by atoms with E-state index in [4.69, 9.17) is 0 Å². The summed E-state index contributed by atoms with van der Waals surface area (Å²) >= 11 is 0. The van der Waals surface area contributed by atoms with Crippen LogP contribution in [0, 0.1) is 0 Å². The van der Waals surface area contributed by atoms with Crippen LogP contribution in [0.15, 0.2) is 60.8 Å². The zero-order valence-corrected chi connectivity index (χ0v) is 20.8. The molecule has 3 aromatic rings. The molecule has 34 heavy (non-hydrogen) atoms. The highest BCUT2D eigenvalue weighted by Gasteiger charge is 2.19. The molecule has 0 spiro atoms. The van der Waals surface area contributed by atoms with E-state index in [1.54, 1.807) is 0 Å². The molecule has 0 bridgehead atoms. The molecular weight excluding hydrogens is 420 g/mol. The number of piperidine rings is 1. The number of rotatable bonds is 9. The largest absolute Gasteiger partial charge is 0.349 e. The van der Waals surface area contributed by atoms with Crippen LogP contribution in [-0.2, 0) is 0 Å². The van der Waals surface area contributed by atoms with Gasteiger partial charge in [0.2, 0.25) is 0 Å². The Labute approximate surface area is 204 Å². The lowest BCUT2D eigenvalue weighted by molar-refractivity contribution is 0.0929. The molecular formula is C29H38N4O. The molecule has 1 saturated heterocycles. The zero-order chi connectivity index (χ0) is 23.9.